The van der Waals surface area contributed by atoms with E-state index in [9.17, 15) is 9.59 Å². The number of aromatic nitrogens is 4. The second-order valence-corrected chi connectivity index (χ2v) is 9.79. The molecule has 0 saturated heterocycles. The van der Waals surface area contributed by atoms with Crippen LogP contribution in [-0.2, 0) is 11.3 Å². The van der Waals surface area contributed by atoms with E-state index in [1.807, 2.05) is 61.5 Å². The lowest BCUT2D eigenvalue weighted by Crippen LogP contribution is -2.46. The first-order chi connectivity index (χ1) is 17.6. The van der Waals surface area contributed by atoms with Crippen molar-refractivity contribution in [2.24, 2.45) is 0 Å². The second-order valence-electron chi connectivity index (χ2n) is 9.79. The van der Waals surface area contributed by atoms with Crippen LogP contribution < -0.4 is 5.32 Å². The molecule has 0 spiro atoms. The smallest absolute Gasteiger partial charge is 0.275 e. The summed E-state index contributed by atoms with van der Waals surface area (Å²) in [5, 5.41) is 12.4. The van der Waals surface area contributed by atoms with Crippen LogP contribution in [0.5, 0.6) is 0 Å². The Bertz CT molecular complexity index is 1440. The molecule has 1 aliphatic carbocycles. The van der Waals surface area contributed by atoms with E-state index in [1.165, 1.54) is 17.3 Å². The molecule has 36 heavy (non-hydrogen) atoms. The lowest BCUT2D eigenvalue weighted by Gasteiger charge is -2.32. The third kappa shape index (κ3) is 4.02. The number of amides is 2. The molecule has 1 unspecified atom stereocenters. The summed E-state index contributed by atoms with van der Waals surface area (Å²) in [6, 6.07) is 17.0. The molecule has 2 aliphatic rings. The van der Waals surface area contributed by atoms with Gasteiger partial charge in [-0.05, 0) is 37.5 Å². The van der Waals surface area contributed by atoms with Crippen LogP contribution in [-0.4, -0.2) is 42.7 Å². The van der Waals surface area contributed by atoms with Crippen LogP contribution in [0.25, 0.3) is 16.7 Å². The highest BCUT2D eigenvalue weighted by molar-refractivity contribution is 5.99. The molecule has 2 aromatic carbocycles. The second kappa shape index (κ2) is 9.18. The van der Waals surface area contributed by atoms with Gasteiger partial charge in [-0.15, -0.1) is 5.10 Å². The van der Waals surface area contributed by atoms with E-state index in [0.717, 1.165) is 47.7 Å². The maximum absolute atomic E-state index is 14.0. The van der Waals surface area contributed by atoms with Crippen molar-refractivity contribution in [1.29, 1.82) is 0 Å². The summed E-state index contributed by atoms with van der Waals surface area (Å²) in [7, 11) is 0. The molecule has 182 valence electrons. The summed E-state index contributed by atoms with van der Waals surface area (Å²) >= 11 is 0. The molecule has 8 nitrogen and oxygen atoms in total. The number of carbonyl (C=O) groups excluding carboxylic acids is 2. The molecule has 1 saturated carbocycles. The molecule has 1 aliphatic heterocycles. The number of hydrogen-bond acceptors (Lipinski definition) is 5. The average Bonchev–Trinajstić information content (AvgIpc) is 3.36. The predicted octanol–water partition coefficient (Wildman–Crippen LogP) is 4.27. The maximum atomic E-state index is 14.0. The van der Waals surface area contributed by atoms with E-state index in [2.05, 4.69) is 15.6 Å². The van der Waals surface area contributed by atoms with Crippen LogP contribution in [0.4, 0.5) is 0 Å². The fraction of sp³-hybridized carbons (Fsp3) is 0.321. The Hall–Kier alpha value is -4.07. The summed E-state index contributed by atoms with van der Waals surface area (Å²) in [5.41, 5.74) is 3.78. The minimum Gasteiger partial charge on any atom is -0.351 e. The van der Waals surface area contributed by atoms with Crippen molar-refractivity contribution in [2.45, 2.75) is 57.7 Å². The topological polar surface area (TPSA) is 93.0 Å². The maximum Gasteiger partial charge on any atom is 0.275 e. The lowest BCUT2D eigenvalue weighted by atomic mass is 9.94. The van der Waals surface area contributed by atoms with Crippen LogP contribution in [0.15, 0.2) is 60.8 Å². The lowest BCUT2D eigenvalue weighted by molar-refractivity contribution is -0.127. The first-order valence-corrected chi connectivity index (χ1v) is 12.6. The molecule has 0 radical (unpaired) electrons. The highest BCUT2D eigenvalue weighted by atomic mass is 16.2. The van der Waals surface area contributed by atoms with Crippen LogP contribution >= 0.6 is 0 Å². The fourth-order valence-electron chi connectivity index (χ4n) is 5.33. The Morgan fingerprint density at radius 1 is 1.06 bits per heavy atom. The highest BCUT2D eigenvalue weighted by Gasteiger charge is 2.40. The third-order valence-electron chi connectivity index (χ3n) is 7.24. The van der Waals surface area contributed by atoms with Crippen LogP contribution in [0.3, 0.4) is 0 Å². The number of para-hydroxylation sites is 1. The minimum absolute atomic E-state index is 0.112. The van der Waals surface area contributed by atoms with Crippen molar-refractivity contribution < 1.29 is 9.59 Å². The van der Waals surface area contributed by atoms with Crippen LogP contribution in [0.2, 0.25) is 0 Å². The van der Waals surface area contributed by atoms with E-state index < -0.39 is 6.04 Å². The Balaban J connectivity index is 1.51. The van der Waals surface area contributed by atoms with Gasteiger partial charge >= 0.3 is 0 Å². The summed E-state index contributed by atoms with van der Waals surface area (Å²) in [6.07, 6.45) is 6.77. The molecule has 1 atom stereocenters. The quantitative estimate of drug-likeness (QED) is 0.471. The number of pyridine rings is 1. The number of hydrogen-bond donors (Lipinski definition) is 1. The van der Waals surface area contributed by atoms with Gasteiger partial charge in [-0.3, -0.25) is 9.59 Å². The molecule has 0 bridgehead atoms. The highest BCUT2D eigenvalue weighted by Crippen LogP contribution is 2.35. The predicted molar refractivity (Wildman–Crippen MR) is 135 cm³/mol. The van der Waals surface area contributed by atoms with Crippen LogP contribution in [0, 0.1) is 6.92 Å². The summed E-state index contributed by atoms with van der Waals surface area (Å²) in [6.45, 7) is 2.30. The van der Waals surface area contributed by atoms with Gasteiger partial charge in [-0.25, -0.2) is 4.98 Å². The molecule has 1 N–H and O–H groups in total. The van der Waals surface area contributed by atoms with Gasteiger partial charge in [0, 0.05) is 23.5 Å². The van der Waals surface area contributed by atoms with E-state index in [1.54, 1.807) is 4.90 Å². The molecule has 4 aromatic rings. The van der Waals surface area contributed by atoms with Crippen molar-refractivity contribution in [1.82, 2.24) is 30.2 Å². The average molecular weight is 481 g/mol. The van der Waals surface area contributed by atoms with Crippen molar-refractivity contribution in [2.75, 3.05) is 0 Å². The fourth-order valence-corrected chi connectivity index (χ4v) is 5.33. The Morgan fingerprint density at radius 3 is 2.64 bits per heavy atom. The van der Waals surface area contributed by atoms with E-state index in [-0.39, 0.29) is 24.4 Å². The number of nitrogens with one attached hydrogen (secondary N) is 1. The van der Waals surface area contributed by atoms with Crippen molar-refractivity contribution in [3.05, 3.63) is 83.2 Å². The summed E-state index contributed by atoms with van der Waals surface area (Å²) < 4.78 is 1.47. The number of nitrogens with zero attached hydrogens (tertiary/aromatic N) is 5. The van der Waals surface area contributed by atoms with Gasteiger partial charge in [0.2, 0.25) is 5.91 Å². The van der Waals surface area contributed by atoms with Gasteiger partial charge in [-0.1, -0.05) is 72.5 Å². The van der Waals surface area contributed by atoms with Crippen LogP contribution in [0.1, 0.15) is 65.3 Å². The molecular weight excluding hydrogens is 452 g/mol. The molecule has 3 heterocycles. The van der Waals surface area contributed by atoms with Crippen molar-refractivity contribution >= 4 is 22.7 Å². The SMILES string of the molecule is Cc1ccc(CN2C(=O)c3cnnn3-c3nc4ccccc4cc3C2C(=O)NC2CCCCC2)cc1. The first-order valence-electron chi connectivity index (χ1n) is 12.6. The van der Waals surface area contributed by atoms with Gasteiger partial charge in [-0.2, -0.15) is 4.68 Å². The van der Waals surface area contributed by atoms with Crippen molar-refractivity contribution in [3.8, 4) is 5.82 Å². The zero-order chi connectivity index (χ0) is 24.6. The number of benzene rings is 2. The zero-order valence-electron chi connectivity index (χ0n) is 20.2. The van der Waals surface area contributed by atoms with E-state index in [0.29, 0.717) is 17.1 Å². The number of fused-ring (bicyclic) bond motifs is 4. The number of rotatable bonds is 4. The molecule has 2 aromatic heterocycles. The van der Waals surface area contributed by atoms with Gasteiger partial charge in [0.25, 0.3) is 5.91 Å². The first kappa shape index (κ1) is 22.4. The van der Waals surface area contributed by atoms with Gasteiger partial charge in [0.1, 0.15) is 6.04 Å². The summed E-state index contributed by atoms with van der Waals surface area (Å²) in [5.74, 6) is -0.0180. The molecular formula is C28H28N6O2. The summed E-state index contributed by atoms with van der Waals surface area (Å²) in [4.78, 5) is 34.5. The van der Waals surface area contributed by atoms with E-state index in [4.69, 9.17) is 4.98 Å². The standard InChI is InChI=1S/C28H28N6O2/c1-18-11-13-19(14-12-18)17-33-25(27(35)30-21-8-3-2-4-9-21)22-15-20-7-5-6-10-23(20)31-26(22)34-24(28(33)36)16-29-32-34/h5-7,10-16,21,25H,2-4,8-9,17H2,1H3,(H,30,35). The third-order valence-corrected chi connectivity index (χ3v) is 7.24. The largest absolute Gasteiger partial charge is 0.351 e. The van der Waals surface area contributed by atoms with E-state index >= 15 is 0 Å². The molecule has 1 fully saturated rings. The van der Waals surface area contributed by atoms with Crippen molar-refractivity contribution in [3.63, 3.8) is 0 Å². The number of carbonyl (C=O) groups is 2. The minimum atomic E-state index is -0.852. The molecule has 8 heteroatoms. The normalized spacial score (nSPS) is 18.0. The number of aryl methyl sites for hydroxylation is 1. The Morgan fingerprint density at radius 2 is 1.83 bits per heavy atom. The van der Waals surface area contributed by atoms with Gasteiger partial charge in [0.15, 0.2) is 11.5 Å². The molecule has 2 amide bonds. The van der Waals surface area contributed by atoms with Gasteiger partial charge < -0.3 is 10.2 Å². The Labute approximate surface area is 209 Å². The zero-order valence-corrected chi connectivity index (χ0v) is 20.2. The Kier molecular flexibility index (Phi) is 5.71. The van der Waals surface area contributed by atoms with Gasteiger partial charge in [0.05, 0.1) is 11.7 Å². The molecule has 6 rings (SSSR count). The monoisotopic (exact) mass is 480 g/mol.